The Balaban J connectivity index is 0.00000180. The summed E-state index contributed by atoms with van der Waals surface area (Å²) in [5.74, 6) is -2.79. The third-order valence-electron chi connectivity index (χ3n) is 2.76. The summed E-state index contributed by atoms with van der Waals surface area (Å²) in [6, 6.07) is 3.54. The van der Waals surface area contributed by atoms with Crippen molar-refractivity contribution < 1.29 is 49.0 Å². The van der Waals surface area contributed by atoms with Crippen molar-refractivity contribution in [1.29, 1.82) is 0 Å². The van der Waals surface area contributed by atoms with Crippen LogP contribution in [0.5, 0.6) is 0 Å². The predicted molar refractivity (Wildman–Crippen MR) is 61.8 cm³/mol. The third kappa shape index (κ3) is 3.79. The first kappa shape index (κ1) is 16.2. The van der Waals surface area contributed by atoms with Crippen molar-refractivity contribution in [2.45, 2.75) is 0 Å². The van der Waals surface area contributed by atoms with Crippen molar-refractivity contribution in [2.75, 3.05) is 26.2 Å². The second kappa shape index (κ2) is 7.04. The Kier molecular flexibility index (Phi) is 5.99. The van der Waals surface area contributed by atoms with Crippen LogP contribution in [0.25, 0.3) is 0 Å². The van der Waals surface area contributed by atoms with E-state index < -0.39 is 11.9 Å². The quantitative estimate of drug-likeness (QED) is 0.388. The molecule has 0 bridgehead atoms. The number of carbonyl (C=O) groups excluding carboxylic acids is 3. The molecule has 6 nitrogen and oxygen atoms in total. The molecule has 1 aliphatic rings. The number of amides is 2. The zero-order valence-electron chi connectivity index (χ0n) is 10.5. The minimum atomic E-state index is -1.70. The van der Waals surface area contributed by atoms with Crippen LogP contribution in [0, 0.1) is 0 Å². The van der Waals surface area contributed by atoms with Gasteiger partial charge in [-0.15, -0.1) is 11.3 Å². The molecule has 2 heterocycles. The molecule has 0 atom stereocenters. The molecule has 0 N–H and O–H groups in total. The first-order valence-electron chi connectivity index (χ1n) is 5.42. The summed E-state index contributed by atoms with van der Waals surface area (Å²) in [6.45, 7) is 1.14. The van der Waals surface area contributed by atoms with Gasteiger partial charge in [-0.1, -0.05) is 6.07 Å². The number of piperazine rings is 1. The summed E-state index contributed by atoms with van der Waals surface area (Å²) in [5.41, 5.74) is 0. The van der Waals surface area contributed by atoms with Crippen LogP contribution in [0.15, 0.2) is 17.5 Å². The van der Waals surface area contributed by atoms with E-state index in [9.17, 15) is 19.5 Å². The van der Waals surface area contributed by atoms with E-state index in [4.69, 9.17) is 0 Å². The molecule has 1 aromatic rings. The van der Waals surface area contributed by atoms with Gasteiger partial charge >= 0.3 is 29.6 Å². The van der Waals surface area contributed by atoms with Crippen LogP contribution in [0.4, 0.5) is 0 Å². The first-order chi connectivity index (χ1) is 8.59. The summed E-state index contributed by atoms with van der Waals surface area (Å²) in [7, 11) is 0. The van der Waals surface area contributed by atoms with Crippen molar-refractivity contribution in [3.05, 3.63) is 22.4 Å². The predicted octanol–water partition coefficient (Wildman–Crippen LogP) is -4.21. The maximum absolute atomic E-state index is 12.0. The van der Waals surface area contributed by atoms with Crippen LogP contribution in [0.3, 0.4) is 0 Å². The van der Waals surface area contributed by atoms with Crippen molar-refractivity contribution in [2.24, 2.45) is 0 Å². The van der Waals surface area contributed by atoms with Crippen molar-refractivity contribution >= 4 is 29.1 Å². The number of carbonyl (C=O) groups is 3. The standard InChI is InChI=1S/C11H12N2O4S.Na/c14-9(8-2-1-7-18-8)12-3-5-13(6-4-12)10(15)11(16)17;/h1-2,7H,3-6H2,(H,16,17);/q;+1/p-1. The number of hydrogen-bond acceptors (Lipinski definition) is 5. The number of hydrogen-bond donors (Lipinski definition) is 0. The van der Waals surface area contributed by atoms with Crippen molar-refractivity contribution in [3.8, 4) is 0 Å². The van der Waals surface area contributed by atoms with Crippen LogP contribution < -0.4 is 34.7 Å². The van der Waals surface area contributed by atoms with Gasteiger partial charge < -0.3 is 19.7 Å². The van der Waals surface area contributed by atoms with Crippen molar-refractivity contribution in [1.82, 2.24) is 9.80 Å². The van der Waals surface area contributed by atoms with Crippen LogP contribution in [-0.2, 0) is 9.59 Å². The number of carboxylic acids is 1. The minimum absolute atomic E-state index is 0. The summed E-state index contributed by atoms with van der Waals surface area (Å²) in [5, 5.41) is 12.2. The topological polar surface area (TPSA) is 80.8 Å². The normalized spacial score (nSPS) is 14.7. The molecule has 1 aliphatic heterocycles. The van der Waals surface area contributed by atoms with Gasteiger partial charge in [0.05, 0.1) is 4.88 Å². The van der Waals surface area contributed by atoms with E-state index in [2.05, 4.69) is 0 Å². The molecule has 0 aromatic carbocycles. The number of nitrogens with zero attached hydrogens (tertiary/aromatic N) is 2. The Morgan fingerprint density at radius 3 is 2.16 bits per heavy atom. The van der Waals surface area contributed by atoms with Crippen LogP contribution >= 0.6 is 11.3 Å². The van der Waals surface area contributed by atoms with E-state index in [1.54, 1.807) is 17.0 Å². The number of aliphatic carboxylic acids is 1. The Bertz CT molecular complexity index is 469. The molecule has 19 heavy (non-hydrogen) atoms. The average molecular weight is 290 g/mol. The maximum atomic E-state index is 12.0. The van der Waals surface area contributed by atoms with Crippen molar-refractivity contribution in [3.63, 3.8) is 0 Å². The Morgan fingerprint density at radius 2 is 1.68 bits per heavy atom. The molecule has 8 heteroatoms. The molecule has 1 aromatic heterocycles. The van der Waals surface area contributed by atoms with Gasteiger partial charge in [-0.05, 0) is 11.4 Å². The zero-order valence-corrected chi connectivity index (χ0v) is 13.3. The molecule has 2 amide bonds. The summed E-state index contributed by atoms with van der Waals surface area (Å²) in [4.78, 5) is 37.0. The molecule has 1 saturated heterocycles. The summed E-state index contributed by atoms with van der Waals surface area (Å²) < 4.78 is 0. The molecule has 0 radical (unpaired) electrons. The fraction of sp³-hybridized carbons (Fsp3) is 0.364. The van der Waals surface area contributed by atoms with Gasteiger partial charge in [-0.3, -0.25) is 9.59 Å². The SMILES string of the molecule is O=C([O-])C(=O)N1CCN(C(=O)c2cccs2)CC1.[Na+]. The average Bonchev–Trinajstić information content (AvgIpc) is 2.91. The Labute approximate surface area is 136 Å². The van der Waals surface area contributed by atoms with Gasteiger partial charge in [-0.25, -0.2) is 0 Å². The van der Waals surface area contributed by atoms with E-state index in [1.165, 1.54) is 16.2 Å². The largest absolute Gasteiger partial charge is 1.00 e. The van der Waals surface area contributed by atoms with E-state index in [0.29, 0.717) is 18.0 Å². The summed E-state index contributed by atoms with van der Waals surface area (Å²) >= 11 is 1.36. The Hall–Kier alpha value is -0.890. The van der Waals surface area contributed by atoms with E-state index >= 15 is 0 Å². The smallest absolute Gasteiger partial charge is 0.540 e. The zero-order chi connectivity index (χ0) is 13.1. The fourth-order valence-corrected chi connectivity index (χ4v) is 2.49. The van der Waals surface area contributed by atoms with Crippen LogP contribution in [-0.4, -0.2) is 53.8 Å². The molecule has 2 rings (SSSR count). The van der Waals surface area contributed by atoms with Gasteiger partial charge in [0, 0.05) is 26.2 Å². The van der Waals surface area contributed by atoms with Gasteiger partial charge in [0.15, 0.2) is 0 Å². The number of rotatable bonds is 1. The minimum Gasteiger partial charge on any atom is -0.540 e. The number of carboxylic acid groups (broad SMARTS) is 1. The molecule has 96 valence electrons. The molecule has 1 fully saturated rings. The van der Waals surface area contributed by atoms with E-state index in [0.717, 1.165) is 0 Å². The molecule has 0 saturated carbocycles. The van der Waals surface area contributed by atoms with E-state index in [1.807, 2.05) is 5.38 Å². The van der Waals surface area contributed by atoms with Gasteiger partial charge in [-0.2, -0.15) is 0 Å². The van der Waals surface area contributed by atoms with Gasteiger partial charge in [0.1, 0.15) is 5.97 Å². The first-order valence-corrected chi connectivity index (χ1v) is 6.30. The fourth-order valence-electron chi connectivity index (χ4n) is 1.80. The van der Waals surface area contributed by atoms with Gasteiger partial charge in [0.2, 0.25) is 0 Å². The second-order valence-corrected chi connectivity index (χ2v) is 4.80. The van der Waals surface area contributed by atoms with Crippen LogP contribution in [0.1, 0.15) is 9.67 Å². The second-order valence-electron chi connectivity index (χ2n) is 3.85. The van der Waals surface area contributed by atoms with Crippen LogP contribution in [0.2, 0.25) is 0 Å². The Morgan fingerprint density at radius 1 is 1.11 bits per heavy atom. The van der Waals surface area contributed by atoms with E-state index in [-0.39, 0.29) is 48.6 Å². The number of thiophene rings is 1. The van der Waals surface area contributed by atoms with Gasteiger partial charge in [0.25, 0.3) is 11.8 Å². The molecular weight excluding hydrogens is 279 g/mol. The third-order valence-corrected chi connectivity index (χ3v) is 3.62. The molecule has 0 unspecified atom stereocenters. The molecule has 0 spiro atoms. The summed E-state index contributed by atoms with van der Waals surface area (Å²) in [6.07, 6.45) is 0. The molecule has 0 aliphatic carbocycles. The monoisotopic (exact) mass is 290 g/mol. The molecular formula is C11H11N2NaO4S. The maximum Gasteiger partial charge on any atom is 1.00 e.